The van der Waals surface area contributed by atoms with Crippen molar-refractivity contribution in [1.82, 2.24) is 4.98 Å². The van der Waals surface area contributed by atoms with Crippen molar-refractivity contribution < 1.29 is 27.8 Å². The molecule has 16 heavy (non-hydrogen) atoms. The van der Waals surface area contributed by atoms with Crippen LogP contribution in [0.4, 0.5) is 13.2 Å². The fourth-order valence-electron chi connectivity index (χ4n) is 0.784. The number of aromatic nitrogens is 1. The number of ether oxygens (including phenoxy) is 1. The van der Waals surface area contributed by atoms with E-state index in [4.69, 9.17) is 11.6 Å². The Labute approximate surface area is 106 Å². The monoisotopic (exact) mass is 367 g/mol. The van der Waals surface area contributed by atoms with Gasteiger partial charge in [0.15, 0.2) is 5.75 Å². The van der Waals surface area contributed by atoms with E-state index in [2.05, 4.69) is 9.72 Å². The number of halogens is 5. The van der Waals surface area contributed by atoms with Crippen LogP contribution in [0.1, 0.15) is 10.4 Å². The lowest BCUT2D eigenvalue weighted by molar-refractivity contribution is -0.276. The zero-order valence-electron chi connectivity index (χ0n) is 7.18. The van der Waals surface area contributed by atoms with Crippen molar-refractivity contribution in [3.8, 4) is 11.6 Å². The normalized spacial score (nSPS) is 11.3. The summed E-state index contributed by atoms with van der Waals surface area (Å²) in [6.07, 6.45) is -4.18. The molecule has 1 rings (SSSR count). The number of alkyl halides is 3. The highest BCUT2D eigenvalue weighted by atomic mass is 127. The van der Waals surface area contributed by atoms with Crippen molar-refractivity contribution >= 4 is 39.4 Å². The van der Waals surface area contributed by atoms with Crippen LogP contribution in [0.5, 0.6) is 11.6 Å². The molecule has 0 radical (unpaired) electrons. The first-order valence-corrected chi connectivity index (χ1v) is 5.01. The van der Waals surface area contributed by atoms with Gasteiger partial charge >= 0.3 is 6.36 Å². The lowest BCUT2D eigenvalue weighted by Crippen LogP contribution is -2.18. The second-order valence-corrected chi connectivity index (χ2v) is 3.88. The van der Waals surface area contributed by atoms with Gasteiger partial charge in [0.2, 0.25) is 0 Å². The van der Waals surface area contributed by atoms with Gasteiger partial charge in [0.05, 0.1) is 9.13 Å². The summed E-state index contributed by atoms with van der Waals surface area (Å²) < 4.78 is 38.8. The molecule has 88 valence electrons. The van der Waals surface area contributed by atoms with Crippen LogP contribution in [0.15, 0.2) is 6.20 Å². The Morgan fingerprint density at radius 3 is 2.56 bits per heavy atom. The number of carbonyl (C=O) groups is 1. The fourth-order valence-corrected chi connectivity index (χ4v) is 1.70. The van der Waals surface area contributed by atoms with E-state index in [-0.39, 0.29) is 9.13 Å². The third-order valence-electron chi connectivity index (χ3n) is 1.38. The number of carbonyl (C=O) groups excluding carboxylic acids is 1. The zero-order valence-corrected chi connectivity index (χ0v) is 10.1. The zero-order chi connectivity index (χ0) is 12.5. The molecule has 0 fully saturated rings. The third-order valence-corrected chi connectivity index (χ3v) is 2.68. The predicted molar refractivity (Wildman–Crippen MR) is 55.5 cm³/mol. The number of hydrogen-bond donors (Lipinski definition) is 1. The average molecular weight is 367 g/mol. The molecular weight excluding hydrogens is 365 g/mol. The molecule has 9 heteroatoms. The van der Waals surface area contributed by atoms with Crippen LogP contribution in [0, 0.1) is 3.57 Å². The lowest BCUT2D eigenvalue weighted by Gasteiger charge is -2.10. The molecular formula is C7H2ClF3INO3. The van der Waals surface area contributed by atoms with E-state index in [1.165, 1.54) is 22.6 Å². The highest BCUT2D eigenvalue weighted by Gasteiger charge is 2.34. The second-order valence-electron chi connectivity index (χ2n) is 2.46. The van der Waals surface area contributed by atoms with Gasteiger partial charge in [0.1, 0.15) is 0 Å². The van der Waals surface area contributed by atoms with Crippen LogP contribution in [0.2, 0.25) is 0 Å². The van der Waals surface area contributed by atoms with Crippen LogP contribution in [-0.2, 0) is 0 Å². The number of hydrogen-bond acceptors (Lipinski definition) is 4. The Morgan fingerprint density at radius 1 is 1.56 bits per heavy atom. The van der Waals surface area contributed by atoms with E-state index < -0.39 is 23.2 Å². The van der Waals surface area contributed by atoms with Gasteiger partial charge in [-0.05, 0) is 34.2 Å². The molecule has 0 saturated carbocycles. The molecule has 0 bridgehead atoms. The average Bonchev–Trinajstić information content (AvgIpc) is 2.10. The van der Waals surface area contributed by atoms with E-state index in [0.29, 0.717) is 0 Å². The van der Waals surface area contributed by atoms with E-state index in [0.717, 1.165) is 6.20 Å². The van der Waals surface area contributed by atoms with Crippen molar-refractivity contribution in [3.05, 3.63) is 15.3 Å². The summed E-state index contributed by atoms with van der Waals surface area (Å²) in [7, 11) is 0. The molecule has 0 aliphatic rings. The molecule has 0 aromatic carbocycles. The summed E-state index contributed by atoms with van der Waals surface area (Å²) in [6, 6.07) is 0. The molecule has 1 aromatic rings. The van der Waals surface area contributed by atoms with Crippen molar-refractivity contribution in [3.63, 3.8) is 0 Å². The molecule has 4 nitrogen and oxygen atoms in total. The maximum Gasteiger partial charge on any atom is 0.574 e. The Bertz CT molecular complexity index is 438. The van der Waals surface area contributed by atoms with Gasteiger partial charge in [-0.1, -0.05) is 0 Å². The minimum absolute atomic E-state index is 0.160. The van der Waals surface area contributed by atoms with Crippen molar-refractivity contribution in [1.29, 1.82) is 0 Å². The predicted octanol–water partition coefficient (Wildman–Crippen LogP) is 2.67. The van der Waals surface area contributed by atoms with Crippen molar-refractivity contribution in [2.45, 2.75) is 6.36 Å². The molecule has 1 heterocycles. The largest absolute Gasteiger partial charge is 0.574 e. The second kappa shape index (κ2) is 4.62. The maximum absolute atomic E-state index is 11.8. The summed E-state index contributed by atoms with van der Waals surface area (Å²) in [5.74, 6) is -1.91. The highest BCUT2D eigenvalue weighted by Crippen LogP contribution is 2.34. The third kappa shape index (κ3) is 3.11. The number of aromatic hydroxyl groups is 1. The number of nitrogens with zero attached hydrogens (tertiary/aromatic N) is 1. The van der Waals surface area contributed by atoms with Crippen LogP contribution >= 0.6 is 34.2 Å². The summed E-state index contributed by atoms with van der Waals surface area (Å²) in [5.41, 5.74) is -0.200. The van der Waals surface area contributed by atoms with Crippen LogP contribution in [-0.4, -0.2) is 21.7 Å². The molecule has 0 amide bonds. The SMILES string of the molecule is O=C(Cl)c1cnc(OC(F)(F)F)c(O)c1I. The van der Waals surface area contributed by atoms with E-state index in [9.17, 15) is 23.1 Å². The first kappa shape index (κ1) is 13.3. The summed E-state index contributed by atoms with van der Waals surface area (Å²) in [6.45, 7) is 0. The maximum atomic E-state index is 11.8. The van der Waals surface area contributed by atoms with Crippen LogP contribution in [0.3, 0.4) is 0 Å². The molecule has 0 saturated heterocycles. The van der Waals surface area contributed by atoms with Gasteiger partial charge in [-0.3, -0.25) is 4.79 Å². The minimum Gasteiger partial charge on any atom is -0.502 e. The summed E-state index contributed by atoms with van der Waals surface area (Å²) in [5, 5.41) is 8.35. The van der Waals surface area contributed by atoms with Crippen LogP contribution < -0.4 is 4.74 Å². The molecule has 0 aliphatic carbocycles. The Kier molecular flexibility index (Phi) is 3.84. The summed E-state index contributed by atoms with van der Waals surface area (Å²) in [4.78, 5) is 13.9. The van der Waals surface area contributed by atoms with Gasteiger partial charge in [-0.2, -0.15) is 0 Å². The number of pyridine rings is 1. The molecule has 1 N–H and O–H groups in total. The first-order valence-electron chi connectivity index (χ1n) is 3.55. The molecule has 0 spiro atoms. The van der Waals surface area contributed by atoms with Crippen molar-refractivity contribution in [2.75, 3.05) is 0 Å². The first-order chi connectivity index (χ1) is 7.22. The highest BCUT2D eigenvalue weighted by molar-refractivity contribution is 14.1. The van der Waals surface area contributed by atoms with Gasteiger partial charge in [-0.15, -0.1) is 13.2 Å². The molecule has 0 aliphatic heterocycles. The minimum atomic E-state index is -4.97. The Balaban J connectivity index is 3.17. The van der Waals surface area contributed by atoms with Crippen LogP contribution in [0.25, 0.3) is 0 Å². The molecule has 0 atom stereocenters. The smallest absolute Gasteiger partial charge is 0.502 e. The van der Waals surface area contributed by atoms with Gasteiger partial charge in [-0.25, -0.2) is 4.98 Å². The Hall–Kier alpha value is -0.770. The van der Waals surface area contributed by atoms with E-state index in [1.54, 1.807) is 0 Å². The van der Waals surface area contributed by atoms with Gasteiger partial charge < -0.3 is 9.84 Å². The lowest BCUT2D eigenvalue weighted by atomic mass is 10.3. The number of rotatable bonds is 2. The van der Waals surface area contributed by atoms with Crippen molar-refractivity contribution in [2.24, 2.45) is 0 Å². The molecule has 0 unspecified atom stereocenters. The van der Waals surface area contributed by atoms with Gasteiger partial charge in [0.25, 0.3) is 11.1 Å². The fraction of sp³-hybridized carbons (Fsp3) is 0.143. The quantitative estimate of drug-likeness (QED) is 0.645. The molecule has 1 aromatic heterocycles. The Morgan fingerprint density at radius 2 is 2.12 bits per heavy atom. The van der Waals surface area contributed by atoms with Gasteiger partial charge in [0, 0.05) is 6.20 Å². The standard InChI is InChI=1S/C7H2ClF3INO3/c8-5(15)2-1-13-6(4(14)3(2)12)16-7(9,10)11/h1,14H. The van der Waals surface area contributed by atoms with E-state index >= 15 is 0 Å². The topological polar surface area (TPSA) is 59.4 Å². The van der Waals surface area contributed by atoms with E-state index in [1.807, 2.05) is 0 Å². The summed E-state index contributed by atoms with van der Waals surface area (Å²) >= 11 is 6.56.